The smallest absolute Gasteiger partial charge is 0.460 e. The van der Waals surface area contributed by atoms with Gasteiger partial charge in [0, 0.05) is 5.57 Å². The number of hydrogen-bond acceptors (Lipinski definition) is 5. The number of phosphoric ester groups is 1. The van der Waals surface area contributed by atoms with E-state index in [9.17, 15) is 9.36 Å². The summed E-state index contributed by atoms with van der Waals surface area (Å²) in [5.74, 6) is -0.616. The fourth-order valence-corrected chi connectivity index (χ4v) is 0.726. The van der Waals surface area contributed by atoms with Gasteiger partial charge < -0.3 is 29.2 Å². The molecule has 0 bridgehead atoms. The highest BCUT2D eigenvalue weighted by Gasteiger charge is 2.13. The first-order valence-electron chi connectivity index (χ1n) is 4.14. The van der Waals surface area contributed by atoms with Crippen LogP contribution in [0.3, 0.4) is 0 Å². The predicted molar refractivity (Wildman–Crippen MR) is 58.0 cm³/mol. The molecule has 12 heteroatoms. The lowest BCUT2D eigenvalue weighted by Crippen LogP contribution is -2.10. The number of phosphoric acid groups is 2. The summed E-state index contributed by atoms with van der Waals surface area (Å²) in [7, 11) is -9.10. The molecule has 10 nitrogen and oxygen atoms in total. The molecule has 108 valence electrons. The molecule has 0 aliphatic carbocycles. The Kier molecular flexibility index (Phi) is 9.35. The van der Waals surface area contributed by atoms with Gasteiger partial charge in [0.15, 0.2) is 0 Å². The summed E-state index contributed by atoms with van der Waals surface area (Å²) in [5, 5.41) is 0. The minimum absolute atomic E-state index is 0.212. The summed E-state index contributed by atoms with van der Waals surface area (Å²) in [6.45, 7) is 4.22. The molecule has 18 heavy (non-hydrogen) atoms. The quantitative estimate of drug-likeness (QED) is 0.189. The molecule has 0 fully saturated rings. The second kappa shape index (κ2) is 8.52. The van der Waals surface area contributed by atoms with Crippen molar-refractivity contribution < 1.29 is 47.7 Å². The highest BCUT2D eigenvalue weighted by Crippen LogP contribution is 2.35. The molecule has 0 saturated carbocycles. The normalized spacial score (nSPS) is 11.2. The van der Waals surface area contributed by atoms with E-state index in [2.05, 4.69) is 15.8 Å². The zero-order valence-corrected chi connectivity index (χ0v) is 11.1. The van der Waals surface area contributed by atoms with E-state index in [-0.39, 0.29) is 18.8 Å². The fourth-order valence-electron chi connectivity index (χ4n) is 0.414. The summed E-state index contributed by atoms with van der Waals surface area (Å²) in [5.41, 5.74) is 0.219. The van der Waals surface area contributed by atoms with Crippen molar-refractivity contribution in [3.05, 3.63) is 12.2 Å². The van der Waals surface area contributed by atoms with Crippen LogP contribution in [0.4, 0.5) is 0 Å². The minimum atomic E-state index is -4.64. The molecule has 0 spiro atoms. The van der Waals surface area contributed by atoms with Crippen LogP contribution in [0.5, 0.6) is 0 Å². The van der Waals surface area contributed by atoms with E-state index < -0.39 is 21.6 Å². The first-order chi connectivity index (χ1) is 7.83. The topological polar surface area (TPSA) is 171 Å². The molecule has 0 amide bonds. The Hall–Kier alpha value is -0.570. The lowest BCUT2D eigenvalue weighted by Gasteiger charge is -2.05. The minimum Gasteiger partial charge on any atom is -0.460 e. The highest BCUT2D eigenvalue weighted by atomic mass is 31.2. The van der Waals surface area contributed by atoms with Gasteiger partial charge in [0.2, 0.25) is 0 Å². The molecule has 0 aliphatic heterocycles. The average molecular weight is 308 g/mol. The molecule has 0 saturated heterocycles. The van der Waals surface area contributed by atoms with Gasteiger partial charge in [0.1, 0.15) is 6.61 Å². The number of hydrogen-bond donors (Lipinski definition) is 5. The highest BCUT2D eigenvalue weighted by molar-refractivity contribution is 7.46. The number of esters is 1. The van der Waals surface area contributed by atoms with Gasteiger partial charge in [-0.05, 0) is 6.92 Å². The lowest BCUT2D eigenvalue weighted by atomic mass is 10.4. The largest absolute Gasteiger partial charge is 0.469 e. The molecular weight excluding hydrogens is 294 g/mol. The molecule has 0 unspecified atom stereocenters. The van der Waals surface area contributed by atoms with Crippen LogP contribution in [-0.2, 0) is 23.2 Å². The Labute approximate surface area is 102 Å². The molecule has 0 rings (SSSR count). The Bertz CT molecular complexity index is 356. The third-order valence-electron chi connectivity index (χ3n) is 0.924. The molecule has 0 aromatic carbocycles. The molecule has 0 aromatic rings. The third kappa shape index (κ3) is 24.6. The zero-order chi connectivity index (χ0) is 15.0. The van der Waals surface area contributed by atoms with E-state index in [1.165, 1.54) is 6.92 Å². The van der Waals surface area contributed by atoms with E-state index in [1.54, 1.807) is 0 Å². The van der Waals surface area contributed by atoms with Crippen LogP contribution in [0.15, 0.2) is 12.2 Å². The van der Waals surface area contributed by atoms with E-state index in [0.717, 1.165) is 0 Å². The van der Waals surface area contributed by atoms with Gasteiger partial charge in [-0.2, -0.15) is 0 Å². The third-order valence-corrected chi connectivity index (χ3v) is 1.44. The second-order valence-corrected chi connectivity index (χ2v) is 5.02. The van der Waals surface area contributed by atoms with Crippen molar-refractivity contribution in [1.82, 2.24) is 0 Å². The summed E-state index contributed by atoms with van der Waals surface area (Å²) in [6, 6.07) is 0. The SMILES string of the molecule is C=C(C)C(=O)OCCOP(=O)(O)O.O=P(O)(O)O. The zero-order valence-electron chi connectivity index (χ0n) is 9.29. The molecule has 0 atom stereocenters. The Balaban J connectivity index is 0. The van der Waals surface area contributed by atoms with Gasteiger partial charge in [-0.15, -0.1) is 0 Å². The summed E-state index contributed by atoms with van der Waals surface area (Å²) >= 11 is 0. The van der Waals surface area contributed by atoms with Crippen LogP contribution in [0, 0.1) is 0 Å². The Morgan fingerprint density at radius 1 is 1.11 bits per heavy atom. The van der Waals surface area contributed by atoms with Crippen molar-refractivity contribution in [1.29, 1.82) is 0 Å². The van der Waals surface area contributed by atoms with Crippen LogP contribution in [0.1, 0.15) is 6.92 Å². The van der Waals surface area contributed by atoms with Crippen molar-refractivity contribution in [3.63, 3.8) is 0 Å². The van der Waals surface area contributed by atoms with E-state index in [4.69, 9.17) is 29.0 Å². The van der Waals surface area contributed by atoms with E-state index in [0.29, 0.717) is 0 Å². The van der Waals surface area contributed by atoms with Gasteiger partial charge in [-0.1, -0.05) is 6.58 Å². The predicted octanol–water partition coefficient (Wildman–Crippen LogP) is -0.714. The number of ether oxygens (including phenoxy) is 1. The summed E-state index contributed by atoms with van der Waals surface area (Å²) < 4.78 is 27.5. The monoisotopic (exact) mass is 308 g/mol. The maximum Gasteiger partial charge on any atom is 0.469 e. The first-order valence-corrected chi connectivity index (χ1v) is 7.23. The second-order valence-electron chi connectivity index (χ2n) is 2.75. The molecule has 0 aliphatic rings. The standard InChI is InChI=1S/C6H11O6P.H3O4P/c1-5(2)6(7)11-3-4-12-13(8,9)10;1-5(2,3)4/h1,3-4H2,2H3,(H2,8,9,10);(H3,1,2,3,4). The molecule has 5 N–H and O–H groups in total. The Morgan fingerprint density at radius 3 is 1.78 bits per heavy atom. The number of carbonyl (C=O) groups excluding carboxylic acids is 1. The molecule has 0 heterocycles. The van der Waals surface area contributed by atoms with Crippen LogP contribution in [-0.4, -0.2) is 43.7 Å². The van der Waals surface area contributed by atoms with Gasteiger partial charge in [-0.3, -0.25) is 4.52 Å². The van der Waals surface area contributed by atoms with E-state index in [1.807, 2.05) is 0 Å². The van der Waals surface area contributed by atoms with Crippen LogP contribution in [0.2, 0.25) is 0 Å². The molecule has 0 radical (unpaired) electrons. The van der Waals surface area contributed by atoms with Gasteiger partial charge in [-0.25, -0.2) is 13.9 Å². The van der Waals surface area contributed by atoms with Crippen LogP contribution < -0.4 is 0 Å². The van der Waals surface area contributed by atoms with E-state index >= 15 is 0 Å². The van der Waals surface area contributed by atoms with Crippen LogP contribution in [0.25, 0.3) is 0 Å². The first kappa shape index (κ1) is 19.8. The van der Waals surface area contributed by atoms with Crippen molar-refractivity contribution in [2.75, 3.05) is 13.2 Å². The van der Waals surface area contributed by atoms with Gasteiger partial charge >= 0.3 is 21.6 Å². The van der Waals surface area contributed by atoms with Crippen molar-refractivity contribution in [2.24, 2.45) is 0 Å². The summed E-state index contributed by atoms with van der Waals surface area (Å²) in [6.07, 6.45) is 0. The molecule has 0 aromatic heterocycles. The average Bonchev–Trinajstić information content (AvgIpc) is 2.07. The Morgan fingerprint density at radius 2 is 1.50 bits per heavy atom. The molecular formula is C6H14O10P2. The van der Waals surface area contributed by atoms with Gasteiger partial charge in [0.25, 0.3) is 0 Å². The lowest BCUT2D eigenvalue weighted by molar-refractivity contribution is -0.139. The maximum atomic E-state index is 10.7. The van der Waals surface area contributed by atoms with Crippen molar-refractivity contribution >= 4 is 21.6 Å². The van der Waals surface area contributed by atoms with Crippen molar-refractivity contribution in [3.8, 4) is 0 Å². The summed E-state index contributed by atoms with van der Waals surface area (Å²) in [4.78, 5) is 48.7. The van der Waals surface area contributed by atoms with Gasteiger partial charge in [0.05, 0.1) is 6.61 Å². The van der Waals surface area contributed by atoms with Crippen LogP contribution >= 0.6 is 15.6 Å². The van der Waals surface area contributed by atoms with Crippen molar-refractivity contribution in [2.45, 2.75) is 6.92 Å². The number of carbonyl (C=O) groups is 1. The fraction of sp³-hybridized carbons (Fsp3) is 0.500. The maximum absolute atomic E-state index is 10.7. The number of rotatable bonds is 5.